The van der Waals surface area contributed by atoms with Crippen molar-refractivity contribution in [1.82, 2.24) is 3.53 Å². The molecule has 50 valence electrons. The third kappa shape index (κ3) is 6.56. The highest BCUT2D eigenvalue weighted by Crippen LogP contribution is 1.97. The fraction of sp³-hybridized carbons (Fsp3) is 0.833. The predicted molar refractivity (Wildman–Crippen MR) is 48.6 cm³/mol. The topological polar surface area (TPSA) is 12.0 Å². The molecule has 0 aliphatic heterocycles. The highest BCUT2D eigenvalue weighted by atomic mass is 127. The smallest absolute Gasteiger partial charge is 0.00484 e. The summed E-state index contributed by atoms with van der Waals surface area (Å²) in [5.41, 5.74) is 0. The maximum atomic E-state index is 3.78. The van der Waals surface area contributed by atoms with Crippen LogP contribution in [0.4, 0.5) is 0 Å². The van der Waals surface area contributed by atoms with E-state index in [1.807, 2.05) is 0 Å². The second-order valence-electron chi connectivity index (χ2n) is 2.20. The molecule has 0 aliphatic rings. The average Bonchev–Trinajstić information content (AvgIpc) is 1.66. The van der Waals surface area contributed by atoms with Gasteiger partial charge in [0.1, 0.15) is 0 Å². The van der Waals surface area contributed by atoms with Crippen LogP contribution in [0.15, 0.2) is 0 Å². The standard InChI is InChI=1S/C6H14IN/c1-6(2)4-5-8-7-3/h6,8H,3-5H2,1-2H3. The molecule has 0 aliphatic carbocycles. The molecule has 0 aromatic heterocycles. The van der Waals surface area contributed by atoms with Crippen molar-refractivity contribution in [2.24, 2.45) is 5.92 Å². The minimum atomic E-state index is 0.0755. The van der Waals surface area contributed by atoms with Crippen molar-refractivity contribution in [1.29, 1.82) is 0 Å². The Labute approximate surface area is 62.0 Å². The van der Waals surface area contributed by atoms with E-state index in [2.05, 4.69) is 21.9 Å². The Morgan fingerprint density at radius 3 is 2.62 bits per heavy atom. The largest absolute Gasteiger partial charge is 0.267 e. The third-order valence-corrected chi connectivity index (χ3v) is 1.99. The molecule has 0 saturated heterocycles. The summed E-state index contributed by atoms with van der Waals surface area (Å²) in [6.07, 6.45) is 1.29. The fourth-order valence-electron chi connectivity index (χ4n) is 0.410. The molecule has 1 N–H and O–H groups in total. The van der Waals surface area contributed by atoms with E-state index in [0.717, 1.165) is 12.5 Å². The normalized spacial score (nSPS) is 10.4. The summed E-state index contributed by atoms with van der Waals surface area (Å²) in [4.78, 5) is 0. The van der Waals surface area contributed by atoms with Crippen molar-refractivity contribution in [3.05, 3.63) is 0 Å². The van der Waals surface area contributed by atoms with Crippen molar-refractivity contribution in [3.63, 3.8) is 0 Å². The summed E-state index contributed by atoms with van der Waals surface area (Å²) in [7, 11) is 0. The average molecular weight is 227 g/mol. The van der Waals surface area contributed by atoms with E-state index >= 15 is 0 Å². The van der Waals surface area contributed by atoms with Crippen LogP contribution in [0.1, 0.15) is 20.3 Å². The van der Waals surface area contributed by atoms with Crippen LogP contribution >= 0.6 is 21.0 Å². The van der Waals surface area contributed by atoms with Crippen LogP contribution in [0.5, 0.6) is 0 Å². The van der Waals surface area contributed by atoms with Gasteiger partial charge in [-0.2, -0.15) is 0 Å². The molecule has 0 rings (SSSR count). The lowest BCUT2D eigenvalue weighted by Gasteiger charge is -2.00. The van der Waals surface area contributed by atoms with Crippen molar-refractivity contribution >= 4 is 25.5 Å². The Hall–Kier alpha value is 0.560. The van der Waals surface area contributed by atoms with E-state index in [4.69, 9.17) is 0 Å². The summed E-state index contributed by atoms with van der Waals surface area (Å²) in [6.45, 7) is 5.64. The quantitative estimate of drug-likeness (QED) is 0.439. The number of nitrogens with one attached hydrogen (secondary N) is 1. The minimum Gasteiger partial charge on any atom is -0.267 e. The highest BCUT2D eigenvalue weighted by molar-refractivity contribution is 14.2. The lowest BCUT2D eigenvalue weighted by atomic mass is 10.1. The van der Waals surface area contributed by atoms with Gasteiger partial charge in [0.05, 0.1) is 0 Å². The summed E-state index contributed by atoms with van der Waals surface area (Å²) in [5, 5.41) is 0. The van der Waals surface area contributed by atoms with E-state index in [1.54, 1.807) is 0 Å². The Morgan fingerprint density at radius 2 is 2.25 bits per heavy atom. The first-order valence-electron chi connectivity index (χ1n) is 2.87. The zero-order valence-electron chi connectivity index (χ0n) is 5.58. The van der Waals surface area contributed by atoms with Crippen molar-refractivity contribution in [2.45, 2.75) is 20.3 Å². The van der Waals surface area contributed by atoms with Crippen LogP contribution in [-0.2, 0) is 0 Å². The molecule has 0 fully saturated rings. The lowest BCUT2D eigenvalue weighted by Crippen LogP contribution is -2.04. The van der Waals surface area contributed by atoms with E-state index in [9.17, 15) is 0 Å². The molecular formula is C6H14IN. The number of hydrogen-bond acceptors (Lipinski definition) is 1. The number of hydrogen-bond donors (Lipinski definition) is 1. The van der Waals surface area contributed by atoms with Gasteiger partial charge in [0.15, 0.2) is 0 Å². The minimum absolute atomic E-state index is 0.0755. The Bertz CT molecular complexity index is 61.5. The molecule has 0 saturated carbocycles. The Morgan fingerprint density at radius 1 is 1.62 bits per heavy atom. The number of halogens is 1. The first kappa shape index (κ1) is 8.56. The van der Waals surface area contributed by atoms with E-state index in [-0.39, 0.29) is 21.0 Å². The molecule has 0 atom stereocenters. The maximum absolute atomic E-state index is 3.78. The maximum Gasteiger partial charge on any atom is 0.00484 e. The zero-order chi connectivity index (χ0) is 6.41. The molecule has 8 heavy (non-hydrogen) atoms. The summed E-state index contributed by atoms with van der Waals surface area (Å²) in [6, 6.07) is 0. The molecular weight excluding hydrogens is 213 g/mol. The van der Waals surface area contributed by atoms with Gasteiger partial charge in [-0.05, 0) is 33.3 Å². The lowest BCUT2D eigenvalue weighted by molar-refractivity contribution is 0.589. The van der Waals surface area contributed by atoms with Gasteiger partial charge in [-0.3, -0.25) is 3.53 Å². The molecule has 0 spiro atoms. The molecule has 2 heteroatoms. The first-order chi connectivity index (χ1) is 3.77. The van der Waals surface area contributed by atoms with Gasteiger partial charge in [-0.15, -0.1) is 0 Å². The first-order valence-corrected chi connectivity index (χ1v) is 5.48. The van der Waals surface area contributed by atoms with Gasteiger partial charge >= 0.3 is 0 Å². The van der Waals surface area contributed by atoms with Crippen LogP contribution in [-0.4, -0.2) is 11.1 Å². The molecule has 0 unspecified atom stereocenters. The van der Waals surface area contributed by atoms with Gasteiger partial charge in [-0.25, -0.2) is 0 Å². The van der Waals surface area contributed by atoms with Crippen LogP contribution in [0.3, 0.4) is 0 Å². The molecule has 1 nitrogen and oxygen atoms in total. The summed E-state index contributed by atoms with van der Waals surface area (Å²) in [5.74, 6) is 0.832. The van der Waals surface area contributed by atoms with E-state index in [0.29, 0.717) is 0 Å². The van der Waals surface area contributed by atoms with Crippen molar-refractivity contribution in [3.8, 4) is 0 Å². The molecule has 0 bridgehead atoms. The zero-order valence-corrected chi connectivity index (χ0v) is 7.73. The Kier molecular flexibility index (Phi) is 6.09. The van der Waals surface area contributed by atoms with E-state index < -0.39 is 0 Å². The highest BCUT2D eigenvalue weighted by Gasteiger charge is 1.89. The van der Waals surface area contributed by atoms with Crippen molar-refractivity contribution in [2.75, 3.05) is 6.54 Å². The number of rotatable bonds is 4. The third-order valence-electron chi connectivity index (χ3n) is 0.911. The van der Waals surface area contributed by atoms with Gasteiger partial charge < -0.3 is 0 Å². The van der Waals surface area contributed by atoms with Crippen LogP contribution in [0, 0.1) is 5.92 Å². The van der Waals surface area contributed by atoms with Crippen molar-refractivity contribution < 1.29 is 0 Å². The van der Waals surface area contributed by atoms with Crippen LogP contribution in [0.25, 0.3) is 0 Å². The van der Waals surface area contributed by atoms with Crippen LogP contribution < -0.4 is 3.53 Å². The molecule has 0 aromatic carbocycles. The summed E-state index contributed by atoms with van der Waals surface area (Å²) < 4.78 is 7.06. The van der Waals surface area contributed by atoms with Crippen LogP contribution in [0.2, 0.25) is 0 Å². The van der Waals surface area contributed by atoms with Gasteiger partial charge in [0.2, 0.25) is 0 Å². The summed E-state index contributed by atoms with van der Waals surface area (Å²) >= 11 is 0.0755. The SMILES string of the molecule is C=INCCC(C)C. The molecule has 0 heterocycles. The second kappa shape index (κ2) is 5.69. The van der Waals surface area contributed by atoms with Gasteiger partial charge in [-0.1, -0.05) is 18.4 Å². The van der Waals surface area contributed by atoms with E-state index in [1.165, 1.54) is 6.42 Å². The Balaban J connectivity index is 2.81. The molecule has 0 amide bonds. The van der Waals surface area contributed by atoms with Gasteiger partial charge in [0, 0.05) is 6.54 Å². The monoisotopic (exact) mass is 227 g/mol. The second-order valence-corrected chi connectivity index (χ2v) is 3.73. The van der Waals surface area contributed by atoms with Gasteiger partial charge in [0.25, 0.3) is 0 Å². The predicted octanol–water partition coefficient (Wildman–Crippen LogP) is 1.94. The molecule has 0 aromatic rings. The fourth-order valence-corrected chi connectivity index (χ4v) is 1.10. The molecule has 0 radical (unpaired) electrons.